The van der Waals surface area contributed by atoms with E-state index in [2.05, 4.69) is 4.18 Å². The van der Waals surface area contributed by atoms with Gasteiger partial charge in [-0.2, -0.15) is 8.42 Å². The van der Waals surface area contributed by atoms with Gasteiger partial charge in [-0.15, -0.1) is 0 Å². The van der Waals surface area contributed by atoms with Crippen LogP contribution in [0.5, 0.6) is 0 Å². The quantitative estimate of drug-likeness (QED) is 0.309. The van der Waals surface area contributed by atoms with E-state index in [0.717, 1.165) is 6.08 Å². The predicted molar refractivity (Wildman–Crippen MR) is 47.5 cm³/mol. The second-order valence-electron chi connectivity index (χ2n) is 2.24. The van der Waals surface area contributed by atoms with Crippen LogP contribution in [-0.2, 0) is 19.1 Å². The first kappa shape index (κ1) is 16.5. The molecular weight excluding hydrogens is 219 g/mol. The summed E-state index contributed by atoms with van der Waals surface area (Å²) < 4.78 is 25.9. The molecule has 0 aromatic rings. The van der Waals surface area contributed by atoms with Crippen LogP contribution in [0.4, 0.5) is 0 Å². The van der Waals surface area contributed by atoms with Gasteiger partial charge in [0.2, 0.25) is 0 Å². The third-order valence-corrected chi connectivity index (χ3v) is 2.27. The van der Waals surface area contributed by atoms with Crippen molar-refractivity contribution in [2.24, 2.45) is 0 Å². The average Bonchev–Trinajstić information content (AvgIpc) is 2.00. The molecule has 1 N–H and O–H groups in total. The molecule has 0 aliphatic heterocycles. The van der Waals surface area contributed by atoms with Crippen LogP contribution in [0.15, 0.2) is 12.2 Å². The van der Waals surface area contributed by atoms with Gasteiger partial charge >= 0.3 is 45.6 Å². The van der Waals surface area contributed by atoms with Crippen LogP contribution in [0.1, 0.15) is 14.8 Å². The molecule has 5 nitrogen and oxygen atoms in total. The van der Waals surface area contributed by atoms with Crippen molar-refractivity contribution in [1.29, 1.82) is 0 Å². The Hall–Kier alpha value is 0.120. The Bertz CT molecular complexity index is 288. The molecular formula is C7H13NaO5S. The van der Waals surface area contributed by atoms with Crippen molar-refractivity contribution in [3.63, 3.8) is 0 Å². The summed E-state index contributed by atoms with van der Waals surface area (Å²) in [6, 6.07) is 0. The molecule has 0 amide bonds. The Labute approximate surface area is 107 Å². The Morgan fingerprint density at radius 1 is 1.57 bits per heavy atom. The van der Waals surface area contributed by atoms with E-state index in [1.807, 2.05) is 0 Å². The maximum atomic E-state index is 10.9. The zero-order valence-electron chi connectivity index (χ0n) is 9.26. The molecule has 0 bridgehead atoms. The van der Waals surface area contributed by atoms with E-state index in [1.54, 1.807) is 6.92 Å². The maximum absolute atomic E-state index is 10.9. The van der Waals surface area contributed by atoms with E-state index >= 15 is 0 Å². The number of aliphatic hydroxyl groups excluding tert-OH is 1. The molecule has 7 heteroatoms. The van der Waals surface area contributed by atoms with E-state index in [9.17, 15) is 13.2 Å². The summed E-state index contributed by atoms with van der Waals surface area (Å²) in [4.78, 5) is 10.7. The van der Waals surface area contributed by atoms with Gasteiger partial charge in [0, 0.05) is 12.7 Å². The first-order valence-corrected chi connectivity index (χ1v) is 5.29. The van der Waals surface area contributed by atoms with E-state index in [0.29, 0.717) is 0 Å². The summed E-state index contributed by atoms with van der Waals surface area (Å²) in [6.45, 7) is 1.32. The van der Waals surface area contributed by atoms with Crippen LogP contribution in [-0.4, -0.2) is 31.9 Å². The Kier molecular flexibility index (Phi) is 9.96. The largest absolute Gasteiger partial charge is 1.00 e. The van der Waals surface area contributed by atoms with Crippen molar-refractivity contribution in [2.75, 3.05) is 12.4 Å². The zero-order valence-corrected chi connectivity index (χ0v) is 11.1. The fraction of sp³-hybridized carbons (Fsp3) is 0.571. The first-order valence-electron chi connectivity index (χ1n) is 3.71. The summed E-state index contributed by atoms with van der Waals surface area (Å²) in [5.41, 5.74) is 0. The van der Waals surface area contributed by atoms with E-state index < -0.39 is 16.1 Å². The van der Waals surface area contributed by atoms with Gasteiger partial charge < -0.3 is 10.7 Å². The predicted octanol–water partition coefficient (Wildman–Crippen LogP) is -3.07. The van der Waals surface area contributed by atoms with Crippen molar-refractivity contribution in [3.8, 4) is 0 Å². The van der Waals surface area contributed by atoms with Gasteiger partial charge in [-0.1, -0.05) is 6.08 Å². The molecule has 0 saturated heterocycles. The summed E-state index contributed by atoms with van der Waals surface area (Å²) in [5.74, 6) is -1.27. The number of hydrogen-bond donors (Lipinski definition) is 1. The normalized spacial score (nSPS) is 11.0. The third kappa shape index (κ3) is 8.71. The third-order valence-electron chi connectivity index (χ3n) is 1.06. The molecule has 0 heterocycles. The zero-order chi connectivity index (χ0) is 10.3. The molecule has 0 unspecified atom stereocenters. The molecule has 0 fully saturated rings. The summed E-state index contributed by atoms with van der Waals surface area (Å²) in [7, 11) is -3.83. The first-order chi connectivity index (χ1) is 6.02. The monoisotopic (exact) mass is 232 g/mol. The van der Waals surface area contributed by atoms with Gasteiger partial charge in [-0.25, -0.2) is 4.79 Å². The minimum Gasteiger partial charge on any atom is -1.00 e. The second-order valence-corrected chi connectivity index (χ2v) is 3.93. The minimum atomic E-state index is -3.83. The van der Waals surface area contributed by atoms with Gasteiger partial charge in [0.15, 0.2) is 0 Å². The van der Waals surface area contributed by atoms with Crippen molar-refractivity contribution in [3.05, 3.63) is 12.2 Å². The average molecular weight is 232 g/mol. The topological polar surface area (TPSA) is 80.7 Å². The van der Waals surface area contributed by atoms with Crippen LogP contribution in [0.2, 0.25) is 0 Å². The van der Waals surface area contributed by atoms with Crippen LogP contribution in [0, 0.1) is 0 Å². The fourth-order valence-corrected chi connectivity index (χ4v) is 1.44. The van der Waals surface area contributed by atoms with Crippen molar-refractivity contribution >= 4 is 16.1 Å². The minimum absolute atomic E-state index is 0. The Balaban J connectivity index is -0.000000720. The second kappa shape index (κ2) is 8.43. The Morgan fingerprint density at radius 2 is 2.14 bits per heavy atom. The molecule has 78 valence electrons. The van der Waals surface area contributed by atoms with Crippen molar-refractivity contribution in [2.45, 2.75) is 13.3 Å². The molecule has 0 aliphatic rings. The molecule has 0 aliphatic carbocycles. The molecule has 0 radical (unpaired) electrons. The number of rotatable bonds is 5. The van der Waals surface area contributed by atoms with Crippen molar-refractivity contribution in [1.82, 2.24) is 0 Å². The fourth-order valence-electron chi connectivity index (χ4n) is 0.572. The smallest absolute Gasteiger partial charge is 1.00 e. The SMILES string of the molecule is CC=CC(=O)OS(=O)(=O)CCCO.[H-].[Na+]. The number of carbonyl (C=O) groups is 1. The van der Waals surface area contributed by atoms with Gasteiger partial charge in [-0.3, -0.25) is 0 Å². The van der Waals surface area contributed by atoms with Gasteiger partial charge in [0.1, 0.15) is 0 Å². The van der Waals surface area contributed by atoms with Crippen molar-refractivity contribution < 1.29 is 53.5 Å². The van der Waals surface area contributed by atoms with Crippen LogP contribution >= 0.6 is 0 Å². The molecule has 0 saturated carbocycles. The number of hydrogen-bond acceptors (Lipinski definition) is 5. The molecule has 0 aromatic heterocycles. The summed E-state index contributed by atoms with van der Waals surface area (Å²) in [5, 5.41) is 8.35. The molecule has 0 aromatic carbocycles. The van der Waals surface area contributed by atoms with Crippen LogP contribution in [0.3, 0.4) is 0 Å². The number of carbonyl (C=O) groups excluding carboxylic acids is 1. The Morgan fingerprint density at radius 3 is 2.57 bits per heavy atom. The number of aliphatic hydroxyl groups is 1. The van der Waals surface area contributed by atoms with E-state index in [-0.39, 0.29) is 49.8 Å². The molecule has 0 rings (SSSR count). The molecule has 14 heavy (non-hydrogen) atoms. The summed E-state index contributed by atoms with van der Waals surface area (Å²) >= 11 is 0. The summed E-state index contributed by atoms with van der Waals surface area (Å²) in [6.07, 6.45) is 2.45. The molecule has 0 spiro atoms. The van der Waals surface area contributed by atoms with Gasteiger partial charge in [-0.05, 0) is 13.3 Å². The van der Waals surface area contributed by atoms with Gasteiger partial charge in [0.25, 0.3) is 0 Å². The standard InChI is InChI=1S/C7H12O5S.Na.H/c1-2-4-7(9)12-13(10,11)6-3-5-8;;/h2,4,8H,3,5-6H2,1H3;;/q;+1;-1. The van der Waals surface area contributed by atoms with Crippen LogP contribution < -0.4 is 29.6 Å². The number of allylic oxidation sites excluding steroid dienone is 1. The van der Waals surface area contributed by atoms with Gasteiger partial charge in [0.05, 0.1) is 5.75 Å². The van der Waals surface area contributed by atoms with Crippen LogP contribution in [0.25, 0.3) is 0 Å². The van der Waals surface area contributed by atoms with E-state index in [1.165, 1.54) is 6.08 Å². The maximum Gasteiger partial charge on any atom is 1.00 e. The molecule has 0 atom stereocenters. The van der Waals surface area contributed by atoms with E-state index in [4.69, 9.17) is 5.11 Å².